The second-order valence-electron chi connectivity index (χ2n) is 6.46. The van der Waals surface area contributed by atoms with Crippen LogP contribution in [0.25, 0.3) is 0 Å². The van der Waals surface area contributed by atoms with E-state index in [1.165, 1.54) is 6.07 Å². The molecule has 1 saturated carbocycles. The summed E-state index contributed by atoms with van der Waals surface area (Å²) in [5.74, 6) is 1.36. The van der Waals surface area contributed by atoms with E-state index in [0.29, 0.717) is 29.7 Å². The molecule has 0 spiro atoms. The summed E-state index contributed by atoms with van der Waals surface area (Å²) in [7, 11) is -3.64. The van der Waals surface area contributed by atoms with Crippen molar-refractivity contribution in [3.05, 3.63) is 52.5 Å². The lowest BCUT2D eigenvalue weighted by atomic mass is 10.1. The van der Waals surface area contributed by atoms with Crippen LogP contribution in [0.15, 0.2) is 41.3 Å². The highest BCUT2D eigenvalue weighted by Crippen LogP contribution is 2.48. The third kappa shape index (κ3) is 3.10. The number of sulfonamides is 1. The molecule has 1 fully saturated rings. The van der Waals surface area contributed by atoms with Crippen LogP contribution in [0.4, 0.5) is 0 Å². The highest BCUT2D eigenvalue weighted by Gasteiger charge is 2.48. The molecule has 132 valence electrons. The second-order valence-corrected chi connectivity index (χ2v) is 8.55. The van der Waals surface area contributed by atoms with E-state index < -0.39 is 15.6 Å². The second kappa shape index (κ2) is 5.90. The van der Waals surface area contributed by atoms with Gasteiger partial charge in [-0.25, -0.2) is 13.1 Å². The SMILES string of the molecule is Cc1cc(S(=O)(=O)NC2(c3ccc4c(c3)OCCO4)CC2)ccc1Cl. The van der Waals surface area contributed by atoms with Gasteiger partial charge in [0.15, 0.2) is 11.5 Å². The minimum Gasteiger partial charge on any atom is -0.486 e. The van der Waals surface area contributed by atoms with Crippen molar-refractivity contribution in [2.75, 3.05) is 13.2 Å². The van der Waals surface area contributed by atoms with Gasteiger partial charge in [0.2, 0.25) is 10.0 Å². The number of nitrogens with one attached hydrogen (secondary N) is 1. The van der Waals surface area contributed by atoms with Gasteiger partial charge in [0.05, 0.1) is 10.4 Å². The lowest BCUT2D eigenvalue weighted by molar-refractivity contribution is 0.171. The Balaban J connectivity index is 1.64. The minimum absolute atomic E-state index is 0.221. The van der Waals surface area contributed by atoms with Crippen LogP contribution in [-0.4, -0.2) is 21.6 Å². The van der Waals surface area contributed by atoms with Gasteiger partial charge in [-0.2, -0.15) is 0 Å². The maximum Gasteiger partial charge on any atom is 0.241 e. The number of ether oxygens (including phenoxy) is 2. The van der Waals surface area contributed by atoms with E-state index in [1.807, 2.05) is 18.2 Å². The van der Waals surface area contributed by atoms with E-state index in [1.54, 1.807) is 19.1 Å². The predicted octanol–water partition coefficient (Wildman–Crippen LogP) is 3.39. The van der Waals surface area contributed by atoms with E-state index >= 15 is 0 Å². The Morgan fingerprint density at radius 2 is 1.76 bits per heavy atom. The van der Waals surface area contributed by atoms with Gasteiger partial charge in [-0.3, -0.25) is 0 Å². The molecule has 1 aliphatic carbocycles. The van der Waals surface area contributed by atoms with Crippen molar-refractivity contribution in [1.29, 1.82) is 0 Å². The maximum absolute atomic E-state index is 12.8. The van der Waals surface area contributed by atoms with Crippen molar-refractivity contribution < 1.29 is 17.9 Å². The molecule has 1 heterocycles. The average molecular weight is 380 g/mol. The molecule has 0 aromatic heterocycles. The first-order valence-electron chi connectivity index (χ1n) is 8.10. The summed E-state index contributed by atoms with van der Waals surface area (Å²) >= 11 is 6.00. The zero-order valence-electron chi connectivity index (χ0n) is 13.7. The fourth-order valence-electron chi connectivity index (χ4n) is 3.02. The molecule has 5 nitrogen and oxygen atoms in total. The Morgan fingerprint density at radius 1 is 1.04 bits per heavy atom. The van der Waals surface area contributed by atoms with E-state index in [4.69, 9.17) is 21.1 Å². The minimum atomic E-state index is -3.64. The van der Waals surface area contributed by atoms with Gasteiger partial charge < -0.3 is 9.47 Å². The molecule has 0 saturated heterocycles. The quantitative estimate of drug-likeness (QED) is 0.884. The molecule has 1 aliphatic heterocycles. The van der Waals surface area contributed by atoms with Gasteiger partial charge in [0.1, 0.15) is 13.2 Å². The summed E-state index contributed by atoms with van der Waals surface area (Å²) in [4.78, 5) is 0.221. The van der Waals surface area contributed by atoms with E-state index in [-0.39, 0.29) is 4.90 Å². The van der Waals surface area contributed by atoms with Gasteiger partial charge in [0, 0.05) is 5.02 Å². The van der Waals surface area contributed by atoms with Crippen molar-refractivity contribution in [1.82, 2.24) is 4.72 Å². The molecule has 2 aromatic rings. The Labute approximate surface area is 152 Å². The number of hydrogen-bond acceptors (Lipinski definition) is 4. The summed E-state index contributed by atoms with van der Waals surface area (Å²) in [5.41, 5.74) is 1.04. The maximum atomic E-state index is 12.8. The van der Waals surface area contributed by atoms with Crippen molar-refractivity contribution in [2.24, 2.45) is 0 Å². The van der Waals surface area contributed by atoms with Crippen molar-refractivity contribution in [2.45, 2.75) is 30.2 Å². The summed E-state index contributed by atoms with van der Waals surface area (Å²) < 4.78 is 39.6. The molecule has 1 N–H and O–H groups in total. The topological polar surface area (TPSA) is 64.6 Å². The molecule has 0 atom stereocenters. The average Bonchev–Trinajstić information content (AvgIpc) is 3.37. The molecule has 2 aliphatic rings. The van der Waals surface area contributed by atoms with Gasteiger partial charge >= 0.3 is 0 Å². The van der Waals surface area contributed by atoms with Gasteiger partial charge in [0.25, 0.3) is 0 Å². The van der Waals surface area contributed by atoms with Crippen molar-refractivity contribution in [3.63, 3.8) is 0 Å². The Morgan fingerprint density at radius 3 is 2.44 bits per heavy atom. The van der Waals surface area contributed by atoms with E-state index in [0.717, 1.165) is 24.0 Å². The molecule has 0 bridgehead atoms. The zero-order valence-corrected chi connectivity index (χ0v) is 15.3. The first-order valence-corrected chi connectivity index (χ1v) is 9.96. The van der Waals surface area contributed by atoms with Crippen molar-refractivity contribution >= 4 is 21.6 Å². The normalized spacial score (nSPS) is 18.0. The van der Waals surface area contributed by atoms with Crippen LogP contribution in [0.3, 0.4) is 0 Å². The smallest absolute Gasteiger partial charge is 0.241 e. The Hall–Kier alpha value is -1.76. The third-order valence-corrected chi connectivity index (χ3v) is 6.57. The monoisotopic (exact) mass is 379 g/mol. The van der Waals surface area contributed by atoms with Crippen LogP contribution >= 0.6 is 11.6 Å². The summed E-state index contributed by atoms with van der Waals surface area (Å²) in [6.07, 6.45) is 1.50. The summed E-state index contributed by atoms with van der Waals surface area (Å²) in [6, 6.07) is 10.3. The number of halogens is 1. The molecular formula is C18H18ClNO4S. The number of rotatable bonds is 4. The van der Waals surface area contributed by atoms with Gasteiger partial charge in [-0.1, -0.05) is 17.7 Å². The van der Waals surface area contributed by atoms with Gasteiger partial charge in [-0.15, -0.1) is 0 Å². The van der Waals surface area contributed by atoms with Crippen LogP contribution < -0.4 is 14.2 Å². The lowest BCUT2D eigenvalue weighted by Crippen LogP contribution is -2.35. The highest BCUT2D eigenvalue weighted by molar-refractivity contribution is 7.89. The van der Waals surface area contributed by atoms with Crippen molar-refractivity contribution in [3.8, 4) is 11.5 Å². The molecule has 25 heavy (non-hydrogen) atoms. The molecule has 0 radical (unpaired) electrons. The summed E-state index contributed by atoms with van der Waals surface area (Å²) in [5, 5.41) is 0.548. The van der Waals surface area contributed by atoms with E-state index in [2.05, 4.69) is 4.72 Å². The van der Waals surface area contributed by atoms with Crippen LogP contribution in [0.1, 0.15) is 24.0 Å². The standard InChI is InChI=1S/C18H18ClNO4S/c1-12-10-14(3-4-15(12)19)25(21,22)20-18(6-7-18)13-2-5-16-17(11-13)24-9-8-23-16/h2-5,10-11,20H,6-9H2,1H3. The number of aryl methyl sites for hydroxylation is 1. The fourth-order valence-corrected chi connectivity index (χ4v) is 4.67. The number of hydrogen-bond donors (Lipinski definition) is 1. The van der Waals surface area contributed by atoms with Crippen LogP contribution in [0.5, 0.6) is 11.5 Å². The Bertz CT molecular complexity index is 938. The fraction of sp³-hybridized carbons (Fsp3) is 0.333. The van der Waals surface area contributed by atoms with Crippen LogP contribution in [0, 0.1) is 6.92 Å². The predicted molar refractivity (Wildman–Crippen MR) is 94.9 cm³/mol. The number of fused-ring (bicyclic) bond motifs is 1. The molecule has 7 heteroatoms. The van der Waals surface area contributed by atoms with Crippen LogP contribution in [0.2, 0.25) is 5.02 Å². The summed E-state index contributed by atoms with van der Waals surface area (Å²) in [6.45, 7) is 2.81. The molecule has 0 unspecified atom stereocenters. The zero-order chi connectivity index (χ0) is 17.7. The molecule has 4 rings (SSSR count). The van der Waals surface area contributed by atoms with E-state index in [9.17, 15) is 8.42 Å². The highest BCUT2D eigenvalue weighted by atomic mass is 35.5. The van der Waals surface area contributed by atoms with Gasteiger partial charge in [-0.05, 0) is 61.2 Å². The molecule has 2 aromatic carbocycles. The lowest BCUT2D eigenvalue weighted by Gasteiger charge is -2.22. The first-order chi connectivity index (χ1) is 11.9. The number of benzene rings is 2. The Kier molecular flexibility index (Phi) is 3.94. The molecular weight excluding hydrogens is 362 g/mol. The largest absolute Gasteiger partial charge is 0.486 e. The van der Waals surface area contributed by atoms with Crippen LogP contribution in [-0.2, 0) is 15.6 Å². The molecule has 0 amide bonds. The first kappa shape index (κ1) is 16.7. The third-order valence-electron chi connectivity index (χ3n) is 4.61.